The fraction of sp³-hybridized carbons (Fsp3) is 0.565. The van der Waals surface area contributed by atoms with Crippen molar-refractivity contribution in [3.63, 3.8) is 0 Å². The number of hydrogen-bond donors (Lipinski definition) is 2. The van der Waals surface area contributed by atoms with Crippen molar-refractivity contribution in [1.29, 1.82) is 0 Å². The number of nitrogens with one attached hydrogen (secondary N) is 2. The van der Waals surface area contributed by atoms with E-state index in [1.165, 1.54) is 11.8 Å². The lowest BCUT2D eigenvalue weighted by Crippen LogP contribution is -2.50. The summed E-state index contributed by atoms with van der Waals surface area (Å²) in [7, 11) is 0. The van der Waals surface area contributed by atoms with Crippen LogP contribution in [0.3, 0.4) is 0 Å². The number of esters is 1. The van der Waals surface area contributed by atoms with E-state index in [1.54, 1.807) is 25.1 Å². The molecule has 1 saturated heterocycles. The molecule has 11 heteroatoms. The Bertz CT molecular complexity index is 922. The quantitative estimate of drug-likeness (QED) is 0.353. The molecule has 3 rings (SSSR count). The fourth-order valence-corrected chi connectivity index (χ4v) is 3.90. The topological polar surface area (TPSA) is 123 Å². The Balaban J connectivity index is 1.52. The molecule has 1 heterocycles. The molecule has 10 nitrogen and oxygen atoms in total. The van der Waals surface area contributed by atoms with Crippen molar-refractivity contribution >= 4 is 35.3 Å². The SMILES string of the molecule is CCO[C@@H](CNC(=O)[C@@H]1CCCN1C(=O)CNC(=O)c1cccc(OC2CC2)c1Cl)OC(C)=O. The van der Waals surface area contributed by atoms with Gasteiger partial charge >= 0.3 is 5.97 Å². The molecular weight excluding hydrogens is 466 g/mol. The summed E-state index contributed by atoms with van der Waals surface area (Å²) >= 11 is 6.32. The zero-order chi connectivity index (χ0) is 24.7. The minimum atomic E-state index is -0.902. The molecule has 3 amide bonds. The van der Waals surface area contributed by atoms with E-state index in [1.807, 2.05) is 0 Å². The Morgan fingerprint density at radius 2 is 1.94 bits per heavy atom. The van der Waals surface area contributed by atoms with Crippen LogP contribution in [-0.4, -0.2) is 73.3 Å². The lowest BCUT2D eigenvalue weighted by Gasteiger charge is -2.25. The number of rotatable bonds is 11. The Hall–Kier alpha value is -2.85. The molecule has 1 aliphatic heterocycles. The van der Waals surface area contributed by atoms with Gasteiger partial charge in [-0.15, -0.1) is 0 Å². The first kappa shape index (κ1) is 25.8. The van der Waals surface area contributed by atoms with Crippen LogP contribution in [0.15, 0.2) is 18.2 Å². The van der Waals surface area contributed by atoms with Gasteiger partial charge in [-0.1, -0.05) is 17.7 Å². The highest BCUT2D eigenvalue weighted by Crippen LogP contribution is 2.33. The van der Waals surface area contributed by atoms with Crippen molar-refractivity contribution in [2.75, 3.05) is 26.2 Å². The lowest BCUT2D eigenvalue weighted by molar-refractivity contribution is -0.175. The molecule has 1 aromatic rings. The van der Waals surface area contributed by atoms with Crippen molar-refractivity contribution in [3.8, 4) is 5.75 Å². The highest BCUT2D eigenvalue weighted by Gasteiger charge is 2.34. The van der Waals surface area contributed by atoms with Crippen LogP contribution in [0, 0.1) is 0 Å². The van der Waals surface area contributed by atoms with Gasteiger partial charge in [-0.05, 0) is 44.7 Å². The molecule has 2 atom stereocenters. The van der Waals surface area contributed by atoms with Crippen molar-refractivity contribution in [3.05, 3.63) is 28.8 Å². The van der Waals surface area contributed by atoms with Crippen LogP contribution < -0.4 is 15.4 Å². The van der Waals surface area contributed by atoms with Crippen LogP contribution in [0.1, 0.15) is 49.9 Å². The first-order valence-electron chi connectivity index (χ1n) is 11.4. The van der Waals surface area contributed by atoms with Crippen LogP contribution in [0.5, 0.6) is 5.75 Å². The average Bonchev–Trinajstić information content (AvgIpc) is 3.48. The van der Waals surface area contributed by atoms with E-state index in [2.05, 4.69) is 10.6 Å². The Morgan fingerprint density at radius 1 is 1.18 bits per heavy atom. The van der Waals surface area contributed by atoms with E-state index >= 15 is 0 Å². The molecule has 1 aromatic carbocycles. The Labute approximate surface area is 203 Å². The van der Waals surface area contributed by atoms with Crippen LogP contribution in [0.2, 0.25) is 5.02 Å². The van der Waals surface area contributed by atoms with E-state index in [9.17, 15) is 19.2 Å². The molecule has 1 saturated carbocycles. The minimum absolute atomic E-state index is 0.0285. The molecule has 2 aliphatic rings. The molecule has 2 fully saturated rings. The molecule has 1 aliphatic carbocycles. The second kappa shape index (κ2) is 12.0. The number of carbonyl (C=O) groups excluding carboxylic acids is 4. The number of carbonyl (C=O) groups is 4. The molecule has 0 bridgehead atoms. The van der Waals surface area contributed by atoms with E-state index in [4.69, 9.17) is 25.8 Å². The van der Waals surface area contributed by atoms with Crippen LogP contribution in [0.25, 0.3) is 0 Å². The van der Waals surface area contributed by atoms with Gasteiger partial charge in [0.15, 0.2) is 0 Å². The van der Waals surface area contributed by atoms with E-state index in [-0.39, 0.29) is 41.6 Å². The predicted octanol–water partition coefficient (Wildman–Crippen LogP) is 1.64. The second-order valence-electron chi connectivity index (χ2n) is 8.10. The zero-order valence-corrected chi connectivity index (χ0v) is 20.1. The van der Waals surface area contributed by atoms with Gasteiger partial charge in [0.25, 0.3) is 5.91 Å². The van der Waals surface area contributed by atoms with Gasteiger partial charge in [-0.25, -0.2) is 0 Å². The third kappa shape index (κ3) is 7.07. The van der Waals surface area contributed by atoms with Gasteiger partial charge in [0.1, 0.15) is 11.8 Å². The predicted molar refractivity (Wildman–Crippen MR) is 122 cm³/mol. The summed E-state index contributed by atoms with van der Waals surface area (Å²) in [5, 5.41) is 5.46. The summed E-state index contributed by atoms with van der Waals surface area (Å²) in [5.41, 5.74) is 0.218. The van der Waals surface area contributed by atoms with Crippen LogP contribution in [0.4, 0.5) is 0 Å². The van der Waals surface area contributed by atoms with Gasteiger partial charge in [-0.3, -0.25) is 19.2 Å². The Morgan fingerprint density at radius 3 is 2.62 bits per heavy atom. The average molecular weight is 496 g/mol. The second-order valence-corrected chi connectivity index (χ2v) is 8.48. The van der Waals surface area contributed by atoms with Crippen molar-refractivity contribution in [2.24, 2.45) is 0 Å². The maximum absolute atomic E-state index is 12.8. The van der Waals surface area contributed by atoms with E-state index < -0.39 is 24.2 Å². The summed E-state index contributed by atoms with van der Waals surface area (Å²) in [4.78, 5) is 50.7. The van der Waals surface area contributed by atoms with Crippen LogP contribution >= 0.6 is 11.6 Å². The molecule has 0 unspecified atom stereocenters. The largest absolute Gasteiger partial charge is 0.489 e. The third-order valence-electron chi connectivity index (χ3n) is 5.39. The van der Waals surface area contributed by atoms with Gasteiger partial charge in [0, 0.05) is 20.1 Å². The van der Waals surface area contributed by atoms with Crippen molar-refractivity contribution < 1.29 is 33.4 Å². The first-order valence-corrected chi connectivity index (χ1v) is 11.8. The molecule has 186 valence electrons. The minimum Gasteiger partial charge on any atom is -0.489 e. The maximum atomic E-state index is 12.8. The number of amides is 3. The molecule has 0 spiro atoms. The van der Waals surface area contributed by atoms with Gasteiger partial charge in [0.2, 0.25) is 18.1 Å². The van der Waals surface area contributed by atoms with Crippen molar-refractivity contribution in [1.82, 2.24) is 15.5 Å². The highest BCUT2D eigenvalue weighted by molar-refractivity contribution is 6.35. The summed E-state index contributed by atoms with van der Waals surface area (Å²) in [5.74, 6) is -1.33. The lowest BCUT2D eigenvalue weighted by atomic mass is 10.2. The van der Waals surface area contributed by atoms with Crippen molar-refractivity contribution in [2.45, 2.75) is 58.0 Å². The molecular formula is C23H30ClN3O7. The van der Waals surface area contributed by atoms with Gasteiger partial charge < -0.3 is 29.7 Å². The van der Waals surface area contributed by atoms with Crippen LogP contribution in [-0.2, 0) is 23.9 Å². The normalized spacial score (nSPS) is 18.2. The number of halogens is 1. The first-order chi connectivity index (χ1) is 16.3. The fourth-order valence-electron chi connectivity index (χ4n) is 3.64. The van der Waals surface area contributed by atoms with E-state index in [0.717, 1.165) is 12.8 Å². The van der Waals surface area contributed by atoms with Gasteiger partial charge in [-0.2, -0.15) is 0 Å². The molecule has 2 N–H and O–H groups in total. The zero-order valence-electron chi connectivity index (χ0n) is 19.3. The molecule has 34 heavy (non-hydrogen) atoms. The monoisotopic (exact) mass is 495 g/mol. The highest BCUT2D eigenvalue weighted by atomic mass is 35.5. The standard InChI is InChI=1S/C23H30ClN3O7/c1-3-32-20(33-14(2)28)13-26-23(31)17-7-5-11-27(17)19(29)12-25-22(30)16-6-4-8-18(21(16)24)34-15-9-10-15/h4,6,8,15,17,20H,3,5,7,9-13H2,1-2H3,(H,25,30)(H,26,31)/t17-,20+/m0/s1. The summed E-state index contributed by atoms with van der Waals surface area (Å²) in [6.45, 7) is 3.40. The number of ether oxygens (including phenoxy) is 3. The van der Waals surface area contributed by atoms with Gasteiger partial charge in [0.05, 0.1) is 29.8 Å². The molecule has 0 radical (unpaired) electrons. The number of likely N-dealkylation sites (tertiary alicyclic amines) is 1. The summed E-state index contributed by atoms with van der Waals surface area (Å²) in [6.07, 6.45) is 2.30. The smallest absolute Gasteiger partial charge is 0.305 e. The number of nitrogens with zero attached hydrogens (tertiary/aromatic N) is 1. The number of benzene rings is 1. The molecule has 0 aromatic heterocycles. The number of hydrogen-bond acceptors (Lipinski definition) is 7. The van der Waals surface area contributed by atoms with E-state index in [0.29, 0.717) is 31.7 Å². The maximum Gasteiger partial charge on any atom is 0.305 e. The summed E-state index contributed by atoms with van der Waals surface area (Å²) in [6, 6.07) is 4.26. The Kier molecular flexibility index (Phi) is 9.12. The third-order valence-corrected chi connectivity index (χ3v) is 5.78. The summed E-state index contributed by atoms with van der Waals surface area (Å²) < 4.78 is 16.0.